The Morgan fingerprint density at radius 3 is 2.44 bits per heavy atom. The van der Waals surface area contributed by atoms with Gasteiger partial charge in [0, 0.05) is 6.54 Å². The summed E-state index contributed by atoms with van der Waals surface area (Å²) in [7, 11) is 0. The number of fused-ring (bicyclic) bond motifs is 1. The Balaban J connectivity index is 1.67. The summed E-state index contributed by atoms with van der Waals surface area (Å²) >= 11 is 0. The zero-order valence-electron chi connectivity index (χ0n) is 13.6. The van der Waals surface area contributed by atoms with Crippen LogP contribution in [-0.4, -0.2) is 16.8 Å². The highest BCUT2D eigenvalue weighted by molar-refractivity contribution is 5.51. The Morgan fingerprint density at radius 1 is 0.840 bits per heavy atom. The topological polar surface area (TPSA) is 61.7 Å². The van der Waals surface area contributed by atoms with Gasteiger partial charge in [0.2, 0.25) is 0 Å². The lowest BCUT2D eigenvalue weighted by Gasteiger charge is -2.28. The lowest BCUT2D eigenvalue weighted by atomic mass is 9.89. The van der Waals surface area contributed by atoms with E-state index < -0.39 is 0 Å². The van der Waals surface area contributed by atoms with Gasteiger partial charge in [0.05, 0.1) is 6.04 Å². The highest BCUT2D eigenvalue weighted by atomic mass is 16.5. The first-order valence-electron chi connectivity index (χ1n) is 8.32. The van der Waals surface area contributed by atoms with E-state index >= 15 is 0 Å². The zero-order chi connectivity index (χ0) is 17.2. The van der Waals surface area contributed by atoms with Crippen LogP contribution in [0.2, 0.25) is 0 Å². The number of para-hydroxylation sites is 1. The molecule has 0 aliphatic carbocycles. The standard InChI is InChI=1S/C21H19NO3/c23-19-12-14-9-10-22-21(18(14)13-20(19)24)15-5-4-8-17(11-15)25-16-6-2-1-3-7-16/h1-8,11-13,21-24H,9-10H2/t21-/m1/s1. The van der Waals surface area contributed by atoms with Crippen molar-refractivity contribution in [1.82, 2.24) is 5.32 Å². The van der Waals surface area contributed by atoms with E-state index in [0.29, 0.717) is 0 Å². The largest absolute Gasteiger partial charge is 0.504 e. The molecule has 0 unspecified atom stereocenters. The summed E-state index contributed by atoms with van der Waals surface area (Å²) in [5.74, 6) is 1.39. The van der Waals surface area contributed by atoms with Gasteiger partial charge in [-0.2, -0.15) is 0 Å². The van der Waals surface area contributed by atoms with Gasteiger partial charge in [-0.15, -0.1) is 0 Å². The number of nitrogens with one attached hydrogen (secondary N) is 1. The fraction of sp³-hybridized carbons (Fsp3) is 0.143. The second-order valence-corrected chi connectivity index (χ2v) is 6.16. The van der Waals surface area contributed by atoms with E-state index in [-0.39, 0.29) is 17.5 Å². The fourth-order valence-electron chi connectivity index (χ4n) is 3.26. The first-order valence-corrected chi connectivity index (χ1v) is 8.32. The van der Waals surface area contributed by atoms with E-state index in [0.717, 1.165) is 41.2 Å². The maximum atomic E-state index is 9.89. The number of rotatable bonds is 3. The third-order valence-corrected chi connectivity index (χ3v) is 4.46. The van der Waals surface area contributed by atoms with Gasteiger partial charge in [-0.25, -0.2) is 0 Å². The van der Waals surface area contributed by atoms with Crippen molar-refractivity contribution in [1.29, 1.82) is 0 Å². The van der Waals surface area contributed by atoms with Crippen molar-refractivity contribution < 1.29 is 14.9 Å². The molecule has 0 spiro atoms. The molecule has 1 heterocycles. The van der Waals surface area contributed by atoms with Crippen LogP contribution in [0, 0.1) is 0 Å². The predicted octanol–water partition coefficient (Wildman–Crippen LogP) is 4.13. The van der Waals surface area contributed by atoms with Crippen LogP contribution in [0.3, 0.4) is 0 Å². The van der Waals surface area contributed by atoms with Gasteiger partial charge in [0.25, 0.3) is 0 Å². The normalized spacial score (nSPS) is 16.2. The van der Waals surface area contributed by atoms with E-state index in [1.165, 1.54) is 0 Å². The summed E-state index contributed by atoms with van der Waals surface area (Å²) in [6.45, 7) is 0.811. The molecule has 3 aromatic rings. The van der Waals surface area contributed by atoms with Gasteiger partial charge in [0.1, 0.15) is 11.5 Å². The summed E-state index contributed by atoms with van der Waals surface area (Å²) in [6, 6.07) is 20.8. The molecule has 0 saturated carbocycles. The lowest BCUT2D eigenvalue weighted by Crippen LogP contribution is -2.30. The van der Waals surface area contributed by atoms with Crippen LogP contribution in [0.25, 0.3) is 0 Å². The molecule has 1 aliphatic rings. The van der Waals surface area contributed by atoms with Crippen LogP contribution in [-0.2, 0) is 6.42 Å². The van der Waals surface area contributed by atoms with Gasteiger partial charge in [0.15, 0.2) is 11.5 Å². The predicted molar refractivity (Wildman–Crippen MR) is 96.3 cm³/mol. The summed E-state index contributed by atoms with van der Waals surface area (Å²) in [6.07, 6.45) is 0.819. The van der Waals surface area contributed by atoms with Crippen LogP contribution < -0.4 is 10.1 Å². The molecule has 126 valence electrons. The number of ether oxygens (including phenoxy) is 1. The molecule has 0 bridgehead atoms. The first-order chi connectivity index (χ1) is 12.2. The maximum absolute atomic E-state index is 9.89. The van der Waals surface area contributed by atoms with Crippen LogP contribution in [0.1, 0.15) is 22.7 Å². The molecule has 0 radical (unpaired) electrons. The van der Waals surface area contributed by atoms with Crippen molar-refractivity contribution >= 4 is 0 Å². The fourth-order valence-corrected chi connectivity index (χ4v) is 3.26. The van der Waals surface area contributed by atoms with E-state index in [1.807, 2.05) is 54.6 Å². The highest BCUT2D eigenvalue weighted by Crippen LogP contribution is 2.37. The van der Waals surface area contributed by atoms with Crippen molar-refractivity contribution in [2.24, 2.45) is 0 Å². The molecule has 0 amide bonds. The van der Waals surface area contributed by atoms with Crippen molar-refractivity contribution in [2.75, 3.05) is 6.54 Å². The monoisotopic (exact) mass is 333 g/mol. The van der Waals surface area contributed by atoms with Crippen LogP contribution in [0.4, 0.5) is 0 Å². The Bertz CT molecular complexity index is 893. The van der Waals surface area contributed by atoms with Gasteiger partial charge in [-0.05, 0) is 59.5 Å². The quantitative estimate of drug-likeness (QED) is 0.631. The number of phenolic OH excluding ortho intramolecular Hbond substituents is 2. The molecular weight excluding hydrogens is 314 g/mol. The number of aromatic hydroxyl groups is 2. The van der Waals surface area contributed by atoms with Gasteiger partial charge >= 0.3 is 0 Å². The van der Waals surface area contributed by atoms with Crippen molar-refractivity contribution in [3.63, 3.8) is 0 Å². The molecule has 1 atom stereocenters. The number of phenols is 2. The third kappa shape index (κ3) is 3.16. The summed E-state index contributed by atoms with van der Waals surface area (Å²) in [5.41, 5.74) is 3.09. The second kappa shape index (κ2) is 6.49. The number of hydrogen-bond donors (Lipinski definition) is 3. The maximum Gasteiger partial charge on any atom is 0.157 e. The molecule has 0 saturated heterocycles. The van der Waals surface area contributed by atoms with Crippen LogP contribution in [0.5, 0.6) is 23.0 Å². The molecule has 0 fully saturated rings. The minimum absolute atomic E-state index is 0.0467. The van der Waals surface area contributed by atoms with Crippen molar-refractivity contribution in [2.45, 2.75) is 12.5 Å². The Morgan fingerprint density at radius 2 is 1.60 bits per heavy atom. The SMILES string of the molecule is Oc1cc2c(cc1O)[C@@H](c1cccc(Oc3ccccc3)c1)NCC2. The minimum Gasteiger partial charge on any atom is -0.504 e. The highest BCUT2D eigenvalue weighted by Gasteiger charge is 2.23. The van der Waals surface area contributed by atoms with Crippen LogP contribution in [0.15, 0.2) is 66.7 Å². The van der Waals surface area contributed by atoms with Crippen molar-refractivity contribution in [3.05, 3.63) is 83.4 Å². The molecule has 4 nitrogen and oxygen atoms in total. The van der Waals surface area contributed by atoms with E-state index in [1.54, 1.807) is 12.1 Å². The molecule has 25 heavy (non-hydrogen) atoms. The summed E-state index contributed by atoms with van der Waals surface area (Å²) in [5, 5.41) is 23.1. The molecule has 4 rings (SSSR count). The molecular formula is C21H19NO3. The Hall–Kier alpha value is -2.98. The third-order valence-electron chi connectivity index (χ3n) is 4.46. The molecule has 3 N–H and O–H groups in total. The average molecular weight is 333 g/mol. The molecule has 4 heteroatoms. The number of hydrogen-bond acceptors (Lipinski definition) is 4. The summed E-state index contributed by atoms with van der Waals surface area (Å²) < 4.78 is 5.92. The van der Waals surface area contributed by atoms with Crippen LogP contribution >= 0.6 is 0 Å². The van der Waals surface area contributed by atoms with E-state index in [4.69, 9.17) is 4.74 Å². The first kappa shape index (κ1) is 15.5. The van der Waals surface area contributed by atoms with Gasteiger partial charge in [-0.3, -0.25) is 0 Å². The van der Waals surface area contributed by atoms with Gasteiger partial charge in [-0.1, -0.05) is 30.3 Å². The minimum atomic E-state index is -0.0934. The molecule has 0 aromatic heterocycles. The second-order valence-electron chi connectivity index (χ2n) is 6.16. The Kier molecular flexibility index (Phi) is 4.04. The number of benzene rings is 3. The molecule has 1 aliphatic heterocycles. The van der Waals surface area contributed by atoms with Crippen molar-refractivity contribution in [3.8, 4) is 23.0 Å². The smallest absolute Gasteiger partial charge is 0.157 e. The summed E-state index contributed by atoms with van der Waals surface area (Å²) in [4.78, 5) is 0. The average Bonchev–Trinajstić information content (AvgIpc) is 2.63. The Labute approximate surface area is 146 Å². The lowest BCUT2D eigenvalue weighted by molar-refractivity contribution is 0.400. The zero-order valence-corrected chi connectivity index (χ0v) is 13.6. The van der Waals surface area contributed by atoms with Gasteiger partial charge < -0.3 is 20.3 Å². The molecule has 3 aromatic carbocycles. The van der Waals surface area contributed by atoms with E-state index in [2.05, 4.69) is 5.32 Å². The van der Waals surface area contributed by atoms with E-state index in [9.17, 15) is 10.2 Å².